The molecule has 0 spiro atoms. The molecule has 1 heterocycles. The lowest BCUT2D eigenvalue weighted by molar-refractivity contribution is -0.688. The number of hydrogen-bond acceptors (Lipinski definition) is 3. The number of rotatable bonds is 7. The van der Waals surface area contributed by atoms with Crippen LogP contribution in [0.1, 0.15) is 51.4 Å². The highest BCUT2D eigenvalue weighted by molar-refractivity contribution is 7.20. The second-order valence-electron chi connectivity index (χ2n) is 15.4. The minimum atomic E-state index is -6.13. The van der Waals surface area contributed by atoms with Crippen LogP contribution in [-0.4, -0.2) is 11.9 Å². The Morgan fingerprint density at radius 3 is 0.767 bits per heavy atom. The molecule has 0 fully saturated rings. The quantitative estimate of drug-likeness (QED) is 0.0536. The zero-order valence-electron chi connectivity index (χ0n) is 35.4. The van der Waals surface area contributed by atoms with E-state index < -0.39 is 195 Å². The molecule has 1 aromatic heterocycles. The third kappa shape index (κ3) is 13.7. The van der Waals surface area contributed by atoms with Crippen molar-refractivity contribution in [1.82, 2.24) is 0 Å². The Kier molecular flexibility index (Phi) is 16.0. The van der Waals surface area contributed by atoms with Gasteiger partial charge >= 0.3 is 49.4 Å². The summed E-state index contributed by atoms with van der Waals surface area (Å²) in [6.45, 7) is 1.60. The molecule has 390 valence electrons. The number of pyridine rings is 1. The van der Waals surface area contributed by atoms with Crippen molar-refractivity contribution in [2.45, 2.75) is 62.9 Å². The molecule has 0 N–H and O–H groups in total. The maximum absolute atomic E-state index is 14.2. The summed E-state index contributed by atoms with van der Waals surface area (Å²) >= 11 is 0. The summed E-state index contributed by atoms with van der Waals surface area (Å²) < 4.78 is 343. The van der Waals surface area contributed by atoms with Gasteiger partial charge in [0.1, 0.15) is 23.9 Å². The average molecular weight is 1080 g/mol. The Morgan fingerprint density at radius 2 is 0.603 bits per heavy atom. The highest BCUT2D eigenvalue weighted by Crippen LogP contribution is 2.41. The molecule has 5 rings (SSSR count). The van der Waals surface area contributed by atoms with Crippen LogP contribution in [0.3, 0.4) is 0 Å². The molecule has 5 aromatic rings. The van der Waals surface area contributed by atoms with Gasteiger partial charge in [0, 0.05) is 12.1 Å². The molecule has 0 radical (unpaired) electrons. The van der Waals surface area contributed by atoms with Crippen LogP contribution in [0.5, 0.6) is 0 Å². The number of benzene rings is 4. The molecule has 0 unspecified atom stereocenters. The SMILES string of the molecule is CC(=O)C(C[n+]1ccccc1)=C(C#N)C#N.FC(F)(F)c1cc([B-](c2cc(C(F)(F)F)cc(C(F)(F)F)c2)(c2cc(C(F)(F)F)cc(C(F)(F)F)c2)c2cc(C(F)(F)F)cc(C(F)(F)F)c2)cc(C(F)(F)F)c1. The van der Waals surface area contributed by atoms with Gasteiger partial charge in [0.25, 0.3) is 0 Å². The van der Waals surface area contributed by atoms with Crippen LogP contribution < -0.4 is 26.4 Å². The largest absolute Gasteiger partial charge is 0.416 e. The van der Waals surface area contributed by atoms with E-state index in [1.54, 1.807) is 29.1 Å². The number of aromatic nitrogens is 1. The van der Waals surface area contributed by atoms with E-state index in [-0.39, 0.29) is 23.5 Å². The maximum atomic E-state index is 14.2. The maximum Gasteiger partial charge on any atom is 0.416 e. The summed E-state index contributed by atoms with van der Waals surface area (Å²) in [5.74, 6) is -0.255. The van der Waals surface area contributed by atoms with Gasteiger partial charge in [0.2, 0.25) is 0 Å². The second kappa shape index (κ2) is 20.0. The molecule has 0 saturated heterocycles. The molecule has 0 aliphatic heterocycles. The summed E-state index contributed by atoms with van der Waals surface area (Å²) in [4.78, 5) is 11.3. The fourth-order valence-corrected chi connectivity index (χ4v) is 7.32. The van der Waals surface area contributed by atoms with E-state index in [1.807, 2.05) is 18.2 Å². The molecule has 0 atom stereocenters. The van der Waals surface area contributed by atoms with Crippen molar-refractivity contribution in [3.63, 3.8) is 0 Å². The fraction of sp³-hybridized carbons (Fsp3) is 0.227. The number of nitriles is 2. The van der Waals surface area contributed by atoms with Crippen molar-refractivity contribution in [3.05, 3.63) is 159 Å². The van der Waals surface area contributed by atoms with Gasteiger partial charge in [0.15, 0.2) is 24.7 Å². The van der Waals surface area contributed by atoms with E-state index in [1.165, 1.54) is 6.92 Å². The van der Waals surface area contributed by atoms with Gasteiger partial charge in [-0.15, -0.1) is 0 Å². The van der Waals surface area contributed by atoms with Gasteiger partial charge in [-0.1, -0.05) is 54.6 Å². The van der Waals surface area contributed by atoms with Crippen LogP contribution in [0, 0.1) is 22.7 Å². The molecule has 0 amide bonds. The number of halogens is 24. The minimum Gasteiger partial charge on any atom is -0.295 e. The predicted octanol–water partition coefficient (Wildman–Crippen LogP) is 12.1. The van der Waals surface area contributed by atoms with Crippen molar-refractivity contribution >= 4 is 33.8 Å². The normalized spacial score (nSPS) is 13.1. The molecule has 73 heavy (non-hydrogen) atoms. The highest BCUT2D eigenvalue weighted by Gasteiger charge is 2.47. The molecule has 4 nitrogen and oxygen atoms in total. The second-order valence-corrected chi connectivity index (χ2v) is 15.4. The van der Waals surface area contributed by atoms with E-state index in [0.717, 1.165) is 0 Å². The summed E-state index contributed by atoms with van der Waals surface area (Å²) in [5.41, 5.74) is -30.1. The van der Waals surface area contributed by atoms with Crippen molar-refractivity contribution in [1.29, 1.82) is 10.5 Å². The molecule has 0 aliphatic rings. The van der Waals surface area contributed by atoms with Crippen LogP contribution in [0.4, 0.5) is 105 Å². The van der Waals surface area contributed by atoms with Gasteiger partial charge in [-0.2, -0.15) is 138 Å². The van der Waals surface area contributed by atoms with Gasteiger partial charge in [-0.3, -0.25) is 4.79 Å². The zero-order chi connectivity index (χ0) is 55.9. The first-order valence-electron chi connectivity index (χ1n) is 19.3. The van der Waals surface area contributed by atoms with Crippen molar-refractivity contribution < 1.29 is 115 Å². The average Bonchev–Trinajstić information content (AvgIpc) is 3.24. The third-order valence-corrected chi connectivity index (χ3v) is 10.5. The summed E-state index contributed by atoms with van der Waals surface area (Å²) in [5, 5.41) is 17.5. The number of ketones is 1. The van der Waals surface area contributed by atoms with Crippen LogP contribution in [0.15, 0.2) is 115 Å². The van der Waals surface area contributed by atoms with Gasteiger partial charge in [-0.25, -0.2) is 4.57 Å². The Labute approximate surface area is 392 Å². The standard InChI is InChI=1S/C32H12BF24.C12H10N3O/c34-25(35,36)13-1-14(26(37,38)39)6-21(5-13)33(22-7-15(27(40,41)42)2-16(8-22)28(43,44)45,23-9-17(29(46,47)48)3-18(10-23)30(49,50)51)24-11-19(31(52,53)54)4-20(12-24)32(55,56)57;1-10(16)12(11(7-13)8-14)9-15-5-3-2-4-6-15/h1-12H;2-6H,9H2,1H3/q-1;+1. The summed E-state index contributed by atoms with van der Waals surface area (Å²) in [7, 11) is 0. The van der Waals surface area contributed by atoms with Crippen molar-refractivity contribution in [2.75, 3.05) is 0 Å². The third-order valence-electron chi connectivity index (χ3n) is 10.5. The van der Waals surface area contributed by atoms with Gasteiger partial charge in [-0.05, 0) is 31.2 Å². The number of allylic oxidation sites excluding steroid dienone is 2. The van der Waals surface area contributed by atoms with Crippen molar-refractivity contribution in [3.8, 4) is 12.1 Å². The number of Topliss-reactive ketones (excluding diaryl/α,β-unsaturated/α-hetero) is 1. The van der Waals surface area contributed by atoms with Crippen LogP contribution >= 0.6 is 0 Å². The lowest BCUT2D eigenvalue weighted by Crippen LogP contribution is -2.75. The Morgan fingerprint density at radius 1 is 0.397 bits per heavy atom. The van der Waals surface area contributed by atoms with Crippen LogP contribution in [0.25, 0.3) is 0 Å². The summed E-state index contributed by atoms with van der Waals surface area (Å²) in [6.07, 6.45) is -51.3. The van der Waals surface area contributed by atoms with Gasteiger partial charge < -0.3 is 0 Å². The number of carbonyl (C=O) groups is 1. The lowest BCUT2D eigenvalue weighted by Gasteiger charge is -2.46. The predicted molar refractivity (Wildman–Crippen MR) is 206 cm³/mol. The zero-order valence-corrected chi connectivity index (χ0v) is 35.4. The van der Waals surface area contributed by atoms with E-state index in [4.69, 9.17) is 10.5 Å². The van der Waals surface area contributed by atoms with Crippen LogP contribution in [-0.2, 0) is 60.7 Å². The number of hydrogen-bond donors (Lipinski definition) is 0. The first kappa shape index (κ1) is 58.4. The van der Waals surface area contributed by atoms with E-state index in [9.17, 15) is 110 Å². The van der Waals surface area contributed by atoms with E-state index in [0.29, 0.717) is 0 Å². The minimum absolute atomic E-state index is 0.121. The first-order valence-corrected chi connectivity index (χ1v) is 19.3. The smallest absolute Gasteiger partial charge is 0.295 e. The Hall–Kier alpha value is -7.20. The lowest BCUT2D eigenvalue weighted by atomic mass is 9.12. The first-order chi connectivity index (χ1) is 32.9. The summed E-state index contributed by atoms with van der Waals surface area (Å²) in [6, 6.07) is 0.147. The molecular weight excluding hydrogens is 1050 g/mol. The van der Waals surface area contributed by atoms with Crippen molar-refractivity contribution in [2.24, 2.45) is 0 Å². The number of nitrogens with zero attached hydrogens (tertiary/aromatic N) is 3. The van der Waals surface area contributed by atoms with Crippen LogP contribution in [0.2, 0.25) is 0 Å². The Bertz CT molecular complexity index is 2520. The highest BCUT2D eigenvalue weighted by atomic mass is 19.4. The number of alkyl halides is 24. The monoisotopic (exact) mass is 1080 g/mol. The molecule has 4 aromatic carbocycles. The molecule has 0 bridgehead atoms. The molecule has 0 aliphatic carbocycles. The molecule has 0 saturated carbocycles. The Balaban J connectivity index is 0.000000613. The van der Waals surface area contributed by atoms with E-state index in [2.05, 4.69) is 0 Å². The molecular formula is C44H22BF24N3O. The van der Waals surface area contributed by atoms with E-state index >= 15 is 0 Å². The van der Waals surface area contributed by atoms with Gasteiger partial charge in [0.05, 0.1) is 50.1 Å². The molecule has 29 heteroatoms. The fourth-order valence-electron chi connectivity index (χ4n) is 7.32. The topological polar surface area (TPSA) is 68.5 Å². The number of carbonyl (C=O) groups excluding carboxylic acids is 1.